The highest BCUT2D eigenvalue weighted by atomic mass is 19.4. The molecule has 0 radical (unpaired) electrons. The minimum atomic E-state index is -5.55. The molecule has 0 aliphatic rings. The molecule has 1 heterocycles. The monoisotopic (exact) mass is 306 g/mol. The molecule has 0 saturated heterocycles. The van der Waals surface area contributed by atoms with Crippen LogP contribution in [0.1, 0.15) is 5.69 Å². The van der Waals surface area contributed by atoms with E-state index in [2.05, 4.69) is 14.5 Å². The molecule has 0 unspecified atom stereocenters. The topological polar surface area (TPSA) is 74.5 Å². The number of nitrogens with zero attached hydrogens (tertiary/aromatic N) is 2. The van der Waals surface area contributed by atoms with Gasteiger partial charge in [0.15, 0.2) is 5.69 Å². The van der Waals surface area contributed by atoms with Gasteiger partial charge in [0.25, 0.3) is 0 Å². The second kappa shape index (κ2) is 5.02. The lowest BCUT2D eigenvalue weighted by atomic mass is 10.2. The van der Waals surface area contributed by atoms with Crippen molar-refractivity contribution in [1.82, 2.24) is 4.98 Å². The number of ether oxygens (including phenoxy) is 2. The standard InChI is InChI=1S/C8H4F6N2O4/c1-19-4-2-3(16(17)18)5(20-8(12,13)14)6(15-4)7(9,10)11/h2H,1H3. The number of rotatable bonds is 3. The van der Waals surface area contributed by atoms with Gasteiger partial charge >= 0.3 is 18.2 Å². The molecule has 0 atom stereocenters. The summed E-state index contributed by atoms with van der Waals surface area (Å²) in [5.74, 6) is -2.92. The lowest BCUT2D eigenvalue weighted by Crippen LogP contribution is -2.22. The number of methoxy groups -OCH3 is 1. The van der Waals surface area contributed by atoms with E-state index in [1.807, 2.05) is 0 Å². The Morgan fingerprint density at radius 2 is 1.80 bits per heavy atom. The first kappa shape index (κ1) is 15.8. The molecule has 6 nitrogen and oxygen atoms in total. The van der Waals surface area contributed by atoms with E-state index in [0.717, 1.165) is 7.11 Å². The Labute approximate surface area is 106 Å². The van der Waals surface area contributed by atoms with E-state index in [1.54, 1.807) is 0 Å². The Bertz CT molecular complexity index is 527. The van der Waals surface area contributed by atoms with Gasteiger partial charge < -0.3 is 9.47 Å². The van der Waals surface area contributed by atoms with Gasteiger partial charge in [-0.2, -0.15) is 13.2 Å². The van der Waals surface area contributed by atoms with Gasteiger partial charge in [-0.25, -0.2) is 4.98 Å². The highest BCUT2D eigenvalue weighted by Crippen LogP contribution is 2.43. The summed E-state index contributed by atoms with van der Waals surface area (Å²) >= 11 is 0. The van der Waals surface area contributed by atoms with E-state index < -0.39 is 40.5 Å². The Balaban J connectivity index is 3.61. The van der Waals surface area contributed by atoms with Crippen LogP contribution < -0.4 is 9.47 Å². The summed E-state index contributed by atoms with van der Waals surface area (Å²) in [5.41, 5.74) is -3.78. The second-order valence-corrected chi connectivity index (χ2v) is 3.16. The van der Waals surface area contributed by atoms with Crippen molar-refractivity contribution >= 4 is 5.69 Å². The third-order valence-corrected chi connectivity index (χ3v) is 1.82. The van der Waals surface area contributed by atoms with Crippen molar-refractivity contribution in [3.63, 3.8) is 0 Å². The van der Waals surface area contributed by atoms with Crippen LogP contribution in [0.25, 0.3) is 0 Å². The molecule has 112 valence electrons. The summed E-state index contributed by atoms with van der Waals surface area (Å²) in [7, 11) is 0.844. The zero-order valence-corrected chi connectivity index (χ0v) is 9.37. The highest BCUT2D eigenvalue weighted by molar-refractivity contribution is 5.52. The Hall–Kier alpha value is -2.27. The van der Waals surface area contributed by atoms with Crippen LogP contribution in [-0.4, -0.2) is 23.4 Å². The van der Waals surface area contributed by atoms with Crippen LogP contribution in [0, 0.1) is 10.1 Å². The Morgan fingerprint density at radius 1 is 1.25 bits per heavy atom. The van der Waals surface area contributed by atoms with Gasteiger partial charge in [-0.3, -0.25) is 10.1 Å². The predicted molar refractivity (Wildman–Crippen MR) is 49.1 cm³/mol. The van der Waals surface area contributed by atoms with Gasteiger partial charge in [-0.1, -0.05) is 0 Å². The fraction of sp³-hybridized carbons (Fsp3) is 0.375. The summed E-state index contributed by atoms with van der Waals surface area (Å²) < 4.78 is 81.3. The second-order valence-electron chi connectivity index (χ2n) is 3.16. The average Bonchev–Trinajstić information content (AvgIpc) is 2.25. The van der Waals surface area contributed by atoms with E-state index in [4.69, 9.17) is 0 Å². The smallest absolute Gasteiger partial charge is 0.481 e. The van der Waals surface area contributed by atoms with Crippen molar-refractivity contribution in [3.05, 3.63) is 21.9 Å². The summed E-state index contributed by atoms with van der Waals surface area (Å²) in [4.78, 5) is 11.8. The fourth-order valence-electron chi connectivity index (χ4n) is 1.15. The molecule has 0 spiro atoms. The molecule has 0 aliphatic heterocycles. The third kappa shape index (κ3) is 3.61. The molecule has 1 aromatic rings. The molecule has 1 aromatic heterocycles. The molecular formula is C8H4F6N2O4. The molecule has 0 amide bonds. The molecule has 0 bridgehead atoms. The van der Waals surface area contributed by atoms with Crippen molar-refractivity contribution in [2.45, 2.75) is 12.5 Å². The SMILES string of the molecule is COc1cc([N+](=O)[O-])c(OC(F)(F)F)c(C(F)(F)F)n1. The van der Waals surface area contributed by atoms with E-state index in [1.165, 1.54) is 0 Å². The molecule has 12 heteroatoms. The van der Waals surface area contributed by atoms with E-state index in [9.17, 15) is 36.5 Å². The van der Waals surface area contributed by atoms with Crippen molar-refractivity contribution in [2.24, 2.45) is 0 Å². The summed E-state index contributed by atoms with van der Waals surface area (Å²) in [5, 5.41) is 10.6. The van der Waals surface area contributed by atoms with Gasteiger partial charge in [0.05, 0.1) is 18.1 Å². The number of hydrogen-bond acceptors (Lipinski definition) is 5. The lowest BCUT2D eigenvalue weighted by Gasteiger charge is -2.15. The average molecular weight is 306 g/mol. The Kier molecular flexibility index (Phi) is 3.96. The van der Waals surface area contributed by atoms with Gasteiger partial charge in [0.1, 0.15) is 0 Å². The maximum atomic E-state index is 12.6. The van der Waals surface area contributed by atoms with Crippen LogP contribution in [0.4, 0.5) is 32.0 Å². The normalized spacial score (nSPS) is 12.2. The zero-order valence-electron chi connectivity index (χ0n) is 9.37. The Morgan fingerprint density at radius 3 is 2.15 bits per heavy atom. The largest absolute Gasteiger partial charge is 0.573 e. The number of hydrogen-bond donors (Lipinski definition) is 0. The van der Waals surface area contributed by atoms with Gasteiger partial charge in [-0.05, 0) is 0 Å². The summed E-state index contributed by atoms with van der Waals surface area (Å²) in [6.45, 7) is 0. The van der Waals surface area contributed by atoms with Gasteiger partial charge in [-0.15, -0.1) is 13.2 Å². The van der Waals surface area contributed by atoms with Crippen molar-refractivity contribution in [3.8, 4) is 11.6 Å². The van der Waals surface area contributed by atoms with Crippen molar-refractivity contribution < 1.29 is 40.7 Å². The van der Waals surface area contributed by atoms with Crippen molar-refractivity contribution in [1.29, 1.82) is 0 Å². The first-order chi connectivity index (χ1) is 8.95. The highest BCUT2D eigenvalue weighted by Gasteiger charge is 2.45. The van der Waals surface area contributed by atoms with Gasteiger partial charge in [0.2, 0.25) is 11.6 Å². The molecule has 0 aliphatic carbocycles. The molecule has 1 rings (SSSR count). The molecule has 0 aromatic carbocycles. The van der Waals surface area contributed by atoms with Crippen LogP contribution >= 0.6 is 0 Å². The molecular weight excluding hydrogens is 302 g/mol. The van der Waals surface area contributed by atoms with Crippen LogP contribution in [0.15, 0.2) is 6.07 Å². The van der Waals surface area contributed by atoms with Crippen LogP contribution in [0.5, 0.6) is 11.6 Å². The quantitative estimate of drug-likeness (QED) is 0.487. The number of aromatic nitrogens is 1. The summed E-state index contributed by atoms with van der Waals surface area (Å²) in [6.07, 6.45) is -11.0. The number of halogens is 6. The first-order valence-corrected chi connectivity index (χ1v) is 4.52. The number of pyridine rings is 1. The summed E-state index contributed by atoms with van der Waals surface area (Å²) in [6, 6.07) is 0.288. The minimum Gasteiger partial charge on any atom is -0.481 e. The first-order valence-electron chi connectivity index (χ1n) is 4.52. The van der Waals surface area contributed by atoms with E-state index in [0.29, 0.717) is 0 Å². The number of nitro groups is 1. The van der Waals surface area contributed by atoms with Crippen LogP contribution in [0.2, 0.25) is 0 Å². The fourth-order valence-corrected chi connectivity index (χ4v) is 1.15. The minimum absolute atomic E-state index is 0.288. The van der Waals surface area contributed by atoms with Gasteiger partial charge in [0, 0.05) is 0 Å². The zero-order chi connectivity index (χ0) is 15.7. The molecule has 0 saturated carbocycles. The lowest BCUT2D eigenvalue weighted by molar-refractivity contribution is -0.389. The van der Waals surface area contributed by atoms with E-state index in [-0.39, 0.29) is 6.07 Å². The van der Waals surface area contributed by atoms with Crippen LogP contribution in [0.3, 0.4) is 0 Å². The van der Waals surface area contributed by atoms with Crippen LogP contribution in [-0.2, 0) is 6.18 Å². The molecule has 20 heavy (non-hydrogen) atoms. The van der Waals surface area contributed by atoms with Crippen molar-refractivity contribution in [2.75, 3.05) is 7.11 Å². The molecule has 0 fully saturated rings. The van der Waals surface area contributed by atoms with E-state index >= 15 is 0 Å². The third-order valence-electron chi connectivity index (χ3n) is 1.82. The predicted octanol–water partition coefficient (Wildman–Crippen LogP) is 2.92. The maximum absolute atomic E-state index is 12.6. The number of alkyl halides is 6. The molecule has 0 N–H and O–H groups in total. The maximum Gasteiger partial charge on any atom is 0.573 e.